The van der Waals surface area contributed by atoms with Gasteiger partial charge in [0.05, 0.1) is 0 Å². The number of fused-ring (bicyclic) bond motifs is 1. The number of allylic oxidation sites excluding steroid dienone is 4. The van der Waals surface area contributed by atoms with Crippen LogP contribution >= 0.6 is 0 Å². The molecule has 0 heterocycles. The molecular weight excluding hydrogens is 144 g/mol. The monoisotopic (exact) mass is 160 g/mol. The topological polar surface area (TPSA) is 0 Å². The number of hydrogen-bond acceptors (Lipinski definition) is 0. The molecule has 0 heteroatoms. The Kier molecular flexibility index (Phi) is 2.34. The summed E-state index contributed by atoms with van der Waals surface area (Å²) in [4.78, 5) is 0. The maximum Gasteiger partial charge on any atom is -0.00588 e. The van der Waals surface area contributed by atoms with Crippen LogP contribution in [0.4, 0.5) is 0 Å². The molecule has 64 valence electrons. The average molecular weight is 160 g/mol. The van der Waals surface area contributed by atoms with E-state index in [1.54, 1.807) is 0 Å². The quantitative estimate of drug-likeness (QED) is 0.581. The lowest BCUT2D eigenvalue weighted by molar-refractivity contribution is 0.515. The standard InChI is InChI=1S/C12H16/c1-2-5-10-8-11-6-3-4-7-12(11)9-10/h3-4,6-7,10-12H,2,5,8H2,1H3. The van der Waals surface area contributed by atoms with Gasteiger partial charge in [-0.25, -0.2) is 0 Å². The summed E-state index contributed by atoms with van der Waals surface area (Å²) >= 11 is 0. The first kappa shape index (κ1) is 8.10. The van der Waals surface area contributed by atoms with Gasteiger partial charge in [-0.3, -0.25) is 0 Å². The number of rotatable bonds is 2. The molecule has 12 heavy (non-hydrogen) atoms. The second-order valence-electron chi connectivity index (χ2n) is 3.85. The molecule has 2 aliphatic carbocycles. The smallest absolute Gasteiger partial charge is 0.00588 e. The molecule has 0 nitrogen and oxygen atoms in total. The SMILES string of the molecule is CCCC1[C]C2C=CC=CC2C1. The van der Waals surface area contributed by atoms with Gasteiger partial charge in [0.1, 0.15) is 0 Å². The Morgan fingerprint density at radius 1 is 1.33 bits per heavy atom. The van der Waals surface area contributed by atoms with Crippen LogP contribution in [0, 0.1) is 24.2 Å². The van der Waals surface area contributed by atoms with Gasteiger partial charge >= 0.3 is 0 Å². The normalized spacial score (nSPS) is 38.6. The highest BCUT2D eigenvalue weighted by molar-refractivity contribution is 5.20. The molecule has 0 aromatic heterocycles. The van der Waals surface area contributed by atoms with Crippen LogP contribution in [0.1, 0.15) is 26.2 Å². The number of hydrogen-bond donors (Lipinski definition) is 0. The molecule has 3 unspecified atom stereocenters. The molecule has 0 spiro atoms. The minimum atomic E-state index is 0.631. The van der Waals surface area contributed by atoms with Crippen molar-refractivity contribution < 1.29 is 0 Å². The van der Waals surface area contributed by atoms with Gasteiger partial charge in [0.15, 0.2) is 0 Å². The van der Waals surface area contributed by atoms with Crippen molar-refractivity contribution >= 4 is 0 Å². The van der Waals surface area contributed by atoms with E-state index >= 15 is 0 Å². The third kappa shape index (κ3) is 1.48. The largest absolute Gasteiger partial charge is 0.0808 e. The van der Waals surface area contributed by atoms with Crippen LogP contribution in [0.2, 0.25) is 0 Å². The maximum absolute atomic E-state index is 3.66. The van der Waals surface area contributed by atoms with Crippen molar-refractivity contribution in [3.63, 3.8) is 0 Å². The van der Waals surface area contributed by atoms with Gasteiger partial charge in [-0.1, -0.05) is 44.1 Å². The zero-order valence-corrected chi connectivity index (χ0v) is 7.66. The molecule has 0 aromatic carbocycles. The Balaban J connectivity index is 1.96. The summed E-state index contributed by atoms with van der Waals surface area (Å²) in [6, 6.07) is 0. The summed E-state index contributed by atoms with van der Waals surface area (Å²) in [5.41, 5.74) is 0. The fourth-order valence-electron chi connectivity index (χ4n) is 2.28. The van der Waals surface area contributed by atoms with Crippen LogP contribution in [0.15, 0.2) is 24.3 Å². The fraction of sp³-hybridized carbons (Fsp3) is 0.583. The summed E-state index contributed by atoms with van der Waals surface area (Å²) in [6.45, 7) is 2.26. The van der Waals surface area contributed by atoms with Crippen molar-refractivity contribution in [1.29, 1.82) is 0 Å². The molecule has 3 atom stereocenters. The van der Waals surface area contributed by atoms with Crippen molar-refractivity contribution in [1.82, 2.24) is 0 Å². The van der Waals surface area contributed by atoms with Crippen molar-refractivity contribution in [2.45, 2.75) is 26.2 Å². The Morgan fingerprint density at radius 2 is 2.17 bits per heavy atom. The zero-order valence-electron chi connectivity index (χ0n) is 7.66. The molecule has 0 aromatic rings. The summed E-state index contributed by atoms with van der Waals surface area (Å²) in [7, 11) is 0. The highest BCUT2D eigenvalue weighted by Crippen LogP contribution is 2.40. The predicted octanol–water partition coefficient (Wildman–Crippen LogP) is 3.25. The van der Waals surface area contributed by atoms with Gasteiger partial charge in [-0.05, 0) is 30.6 Å². The molecular formula is C12H16. The maximum atomic E-state index is 3.66. The van der Waals surface area contributed by atoms with Crippen molar-refractivity contribution in [2.75, 3.05) is 0 Å². The van der Waals surface area contributed by atoms with E-state index < -0.39 is 0 Å². The molecule has 0 aliphatic heterocycles. The lowest BCUT2D eigenvalue weighted by atomic mass is 9.92. The van der Waals surface area contributed by atoms with Crippen LogP contribution in [-0.2, 0) is 0 Å². The molecule has 0 bridgehead atoms. The van der Waals surface area contributed by atoms with Gasteiger partial charge in [0.25, 0.3) is 0 Å². The first-order valence-corrected chi connectivity index (χ1v) is 5.01. The molecule has 1 fully saturated rings. The van der Waals surface area contributed by atoms with Crippen molar-refractivity contribution in [2.24, 2.45) is 17.8 Å². The van der Waals surface area contributed by atoms with Gasteiger partial charge < -0.3 is 0 Å². The van der Waals surface area contributed by atoms with Gasteiger partial charge in [-0.2, -0.15) is 0 Å². The first-order valence-electron chi connectivity index (χ1n) is 5.01. The Bertz CT molecular complexity index is 180. The third-order valence-corrected chi connectivity index (χ3v) is 2.87. The highest BCUT2D eigenvalue weighted by Gasteiger charge is 2.31. The summed E-state index contributed by atoms with van der Waals surface area (Å²) in [5, 5.41) is 0. The second-order valence-corrected chi connectivity index (χ2v) is 3.85. The second kappa shape index (κ2) is 3.47. The van der Waals surface area contributed by atoms with Gasteiger partial charge in [0.2, 0.25) is 0 Å². The van der Waals surface area contributed by atoms with Crippen molar-refractivity contribution in [3.8, 4) is 0 Å². The lowest BCUT2D eigenvalue weighted by Crippen LogP contribution is -2.03. The van der Waals surface area contributed by atoms with E-state index in [1.165, 1.54) is 19.3 Å². The van der Waals surface area contributed by atoms with E-state index in [4.69, 9.17) is 0 Å². The lowest BCUT2D eigenvalue weighted by Gasteiger charge is -2.12. The molecule has 2 radical (unpaired) electrons. The van der Waals surface area contributed by atoms with E-state index in [0.717, 1.165) is 11.8 Å². The van der Waals surface area contributed by atoms with E-state index in [9.17, 15) is 0 Å². The Hall–Kier alpha value is -0.520. The first-order chi connectivity index (χ1) is 5.90. The zero-order chi connectivity index (χ0) is 8.39. The summed E-state index contributed by atoms with van der Waals surface area (Å²) in [5.74, 6) is 2.16. The summed E-state index contributed by atoms with van der Waals surface area (Å²) in [6.07, 6.45) is 16.6. The van der Waals surface area contributed by atoms with Crippen LogP contribution in [0.3, 0.4) is 0 Å². The molecule has 0 amide bonds. The van der Waals surface area contributed by atoms with Crippen molar-refractivity contribution in [3.05, 3.63) is 30.7 Å². The third-order valence-electron chi connectivity index (χ3n) is 2.87. The van der Waals surface area contributed by atoms with Gasteiger partial charge in [-0.15, -0.1) is 0 Å². The van der Waals surface area contributed by atoms with Gasteiger partial charge in [0, 0.05) is 0 Å². The fourth-order valence-corrected chi connectivity index (χ4v) is 2.28. The van der Waals surface area contributed by atoms with E-state index in [-0.39, 0.29) is 0 Å². The van der Waals surface area contributed by atoms with E-state index in [1.807, 2.05) is 0 Å². The molecule has 0 saturated heterocycles. The molecule has 0 N–H and O–H groups in total. The minimum absolute atomic E-state index is 0.631. The highest BCUT2D eigenvalue weighted by atomic mass is 14.4. The molecule has 1 saturated carbocycles. The van der Waals surface area contributed by atoms with Crippen LogP contribution in [0.25, 0.3) is 0 Å². The molecule has 2 aliphatic rings. The average Bonchev–Trinajstić information content (AvgIpc) is 2.47. The van der Waals surface area contributed by atoms with E-state index in [2.05, 4.69) is 37.6 Å². The molecule has 2 rings (SSSR count). The Labute approximate surface area is 75.4 Å². The van der Waals surface area contributed by atoms with E-state index in [0.29, 0.717) is 5.92 Å². The minimum Gasteiger partial charge on any atom is -0.0808 e. The van der Waals surface area contributed by atoms with Crippen LogP contribution in [-0.4, -0.2) is 0 Å². The Morgan fingerprint density at radius 3 is 2.92 bits per heavy atom. The van der Waals surface area contributed by atoms with Crippen LogP contribution < -0.4 is 0 Å². The summed E-state index contributed by atoms with van der Waals surface area (Å²) < 4.78 is 0. The van der Waals surface area contributed by atoms with Crippen LogP contribution in [0.5, 0.6) is 0 Å². The predicted molar refractivity (Wildman–Crippen MR) is 51.5 cm³/mol.